The third-order valence-electron chi connectivity index (χ3n) is 3.85. The van der Waals surface area contributed by atoms with E-state index in [2.05, 4.69) is 84.9 Å². The molecule has 0 unspecified atom stereocenters. The molecule has 0 fully saturated rings. The van der Waals surface area contributed by atoms with Crippen molar-refractivity contribution >= 4 is 49.8 Å². The summed E-state index contributed by atoms with van der Waals surface area (Å²) < 4.78 is 3.13. The average molecular weight is 373 g/mol. The number of hydrogen-bond donors (Lipinski definition) is 0. The molecule has 0 atom stereocenters. The van der Waals surface area contributed by atoms with Gasteiger partial charge in [-0.05, 0) is 0 Å². The SMILES string of the molecule is c1ccc2[c]([Sn][c]3cccc4ccccc34)cccc2c1. The summed E-state index contributed by atoms with van der Waals surface area (Å²) in [5.74, 6) is 0. The zero-order valence-electron chi connectivity index (χ0n) is 11.6. The van der Waals surface area contributed by atoms with Crippen LogP contribution < -0.4 is 7.16 Å². The van der Waals surface area contributed by atoms with E-state index in [0.29, 0.717) is 0 Å². The zero-order chi connectivity index (χ0) is 14.1. The van der Waals surface area contributed by atoms with Crippen molar-refractivity contribution in [1.82, 2.24) is 0 Å². The summed E-state index contributed by atoms with van der Waals surface area (Å²) in [4.78, 5) is 0. The van der Waals surface area contributed by atoms with E-state index in [4.69, 9.17) is 0 Å². The molecule has 4 aromatic rings. The molecule has 0 amide bonds. The van der Waals surface area contributed by atoms with Gasteiger partial charge in [-0.3, -0.25) is 0 Å². The summed E-state index contributed by atoms with van der Waals surface area (Å²) in [6.45, 7) is 0. The molecule has 0 aromatic heterocycles. The van der Waals surface area contributed by atoms with E-state index in [-0.39, 0.29) is 0 Å². The van der Waals surface area contributed by atoms with Crippen molar-refractivity contribution in [3.05, 3.63) is 84.9 Å². The molecule has 0 heterocycles. The van der Waals surface area contributed by atoms with Gasteiger partial charge in [0.15, 0.2) is 0 Å². The molecule has 4 aromatic carbocycles. The van der Waals surface area contributed by atoms with Crippen molar-refractivity contribution < 1.29 is 0 Å². The van der Waals surface area contributed by atoms with Gasteiger partial charge in [-0.15, -0.1) is 0 Å². The Labute approximate surface area is 134 Å². The molecule has 1 heteroatoms. The van der Waals surface area contributed by atoms with Crippen LogP contribution in [0.15, 0.2) is 84.9 Å². The van der Waals surface area contributed by atoms with Crippen LogP contribution in [-0.2, 0) is 0 Å². The first-order valence-corrected chi connectivity index (χ1v) is 10.00. The molecule has 0 N–H and O–H groups in total. The molecule has 0 nitrogen and oxygen atoms in total. The molecule has 98 valence electrons. The predicted octanol–water partition coefficient (Wildman–Crippen LogP) is 3.65. The van der Waals surface area contributed by atoms with E-state index in [0.717, 1.165) is 0 Å². The summed E-state index contributed by atoms with van der Waals surface area (Å²) in [6, 6.07) is 30.9. The Morgan fingerprint density at radius 1 is 0.429 bits per heavy atom. The maximum absolute atomic E-state index is 2.32. The number of rotatable bonds is 2. The van der Waals surface area contributed by atoms with E-state index in [1.54, 1.807) is 7.16 Å². The maximum atomic E-state index is 2.32. The van der Waals surface area contributed by atoms with Crippen LogP contribution in [0.4, 0.5) is 0 Å². The van der Waals surface area contributed by atoms with E-state index >= 15 is 0 Å². The van der Waals surface area contributed by atoms with Crippen LogP contribution in [-0.4, -0.2) is 21.1 Å². The van der Waals surface area contributed by atoms with Crippen molar-refractivity contribution in [2.45, 2.75) is 0 Å². The van der Waals surface area contributed by atoms with Gasteiger partial charge < -0.3 is 0 Å². The van der Waals surface area contributed by atoms with Gasteiger partial charge in [0, 0.05) is 0 Å². The van der Waals surface area contributed by atoms with E-state index in [1.807, 2.05) is 0 Å². The monoisotopic (exact) mass is 374 g/mol. The molecule has 0 aliphatic carbocycles. The first-order chi connectivity index (χ1) is 10.4. The first-order valence-electron chi connectivity index (χ1n) is 7.14. The average Bonchev–Trinajstić information content (AvgIpc) is 2.56. The normalized spacial score (nSPS) is 11.0. The molecule has 0 bridgehead atoms. The summed E-state index contributed by atoms with van der Waals surface area (Å²) in [6.07, 6.45) is 0. The Hall–Kier alpha value is -1.80. The molecular weight excluding hydrogens is 359 g/mol. The van der Waals surface area contributed by atoms with Gasteiger partial charge in [0.2, 0.25) is 0 Å². The van der Waals surface area contributed by atoms with Gasteiger partial charge in [-0.2, -0.15) is 0 Å². The molecule has 2 radical (unpaired) electrons. The minimum atomic E-state index is -0.803. The van der Waals surface area contributed by atoms with Crippen molar-refractivity contribution in [2.24, 2.45) is 0 Å². The van der Waals surface area contributed by atoms with E-state index in [9.17, 15) is 0 Å². The van der Waals surface area contributed by atoms with Gasteiger partial charge in [0.25, 0.3) is 0 Å². The van der Waals surface area contributed by atoms with Crippen LogP contribution in [0.1, 0.15) is 0 Å². The molecule has 0 saturated carbocycles. The zero-order valence-corrected chi connectivity index (χ0v) is 14.4. The van der Waals surface area contributed by atoms with E-state index < -0.39 is 21.1 Å². The second-order valence-electron chi connectivity index (χ2n) is 5.18. The molecule has 0 aliphatic heterocycles. The fourth-order valence-electron chi connectivity index (χ4n) is 2.81. The Balaban J connectivity index is 1.87. The van der Waals surface area contributed by atoms with E-state index in [1.165, 1.54) is 21.5 Å². The summed E-state index contributed by atoms with van der Waals surface area (Å²) in [5.41, 5.74) is 0. The molecule has 0 spiro atoms. The van der Waals surface area contributed by atoms with Gasteiger partial charge in [-0.25, -0.2) is 0 Å². The second kappa shape index (κ2) is 5.53. The number of fused-ring (bicyclic) bond motifs is 2. The van der Waals surface area contributed by atoms with Crippen molar-refractivity contribution in [3.63, 3.8) is 0 Å². The molecule has 21 heavy (non-hydrogen) atoms. The van der Waals surface area contributed by atoms with Gasteiger partial charge in [0.1, 0.15) is 0 Å². The summed E-state index contributed by atoms with van der Waals surface area (Å²) in [5, 5.41) is 5.58. The van der Waals surface area contributed by atoms with Crippen molar-refractivity contribution in [3.8, 4) is 0 Å². The first kappa shape index (κ1) is 12.9. The van der Waals surface area contributed by atoms with Crippen LogP contribution in [0.3, 0.4) is 0 Å². The van der Waals surface area contributed by atoms with Crippen molar-refractivity contribution in [2.75, 3.05) is 0 Å². The Kier molecular flexibility index (Phi) is 3.40. The van der Waals surface area contributed by atoms with Crippen LogP contribution in [0.25, 0.3) is 21.5 Å². The van der Waals surface area contributed by atoms with Crippen LogP contribution in [0, 0.1) is 0 Å². The van der Waals surface area contributed by atoms with Gasteiger partial charge in [-0.1, -0.05) is 0 Å². The predicted molar refractivity (Wildman–Crippen MR) is 92.9 cm³/mol. The molecule has 4 rings (SSSR count). The molecule has 0 saturated heterocycles. The van der Waals surface area contributed by atoms with Crippen LogP contribution in [0.5, 0.6) is 0 Å². The summed E-state index contributed by atoms with van der Waals surface area (Å²) in [7, 11) is 0. The standard InChI is InChI=1S/2C10H7.Sn/c2*1-2-6-10-8-4-3-7-9(10)5-1;/h2*1-7H;. The molecular formula is C20H14Sn. The van der Waals surface area contributed by atoms with Crippen LogP contribution >= 0.6 is 0 Å². The summed E-state index contributed by atoms with van der Waals surface area (Å²) >= 11 is -0.803. The third kappa shape index (κ3) is 2.44. The van der Waals surface area contributed by atoms with Gasteiger partial charge >= 0.3 is 135 Å². The van der Waals surface area contributed by atoms with Gasteiger partial charge in [0.05, 0.1) is 0 Å². The Morgan fingerprint density at radius 3 is 1.38 bits per heavy atom. The van der Waals surface area contributed by atoms with Crippen molar-refractivity contribution in [1.29, 1.82) is 0 Å². The topological polar surface area (TPSA) is 0 Å². The minimum absolute atomic E-state index is 0.803. The fraction of sp³-hybridized carbons (Fsp3) is 0. The quantitative estimate of drug-likeness (QED) is 0.471. The Morgan fingerprint density at radius 2 is 0.857 bits per heavy atom. The molecule has 0 aliphatic rings. The number of hydrogen-bond acceptors (Lipinski definition) is 0. The van der Waals surface area contributed by atoms with Crippen LogP contribution in [0.2, 0.25) is 0 Å². The fourth-order valence-corrected chi connectivity index (χ4v) is 6.74. The number of benzene rings is 4. The second-order valence-corrected chi connectivity index (χ2v) is 8.97. The Bertz CT molecular complexity index is 837. The third-order valence-corrected chi connectivity index (χ3v) is 7.87.